The number of nitrogens with one attached hydrogen (secondary N) is 1. The molecule has 1 amide bonds. The van der Waals surface area contributed by atoms with Crippen LogP contribution in [0.5, 0.6) is 0 Å². The highest BCUT2D eigenvalue weighted by Gasteiger charge is 2.31. The molecule has 10 nitrogen and oxygen atoms in total. The number of aromatic nitrogens is 3. The minimum atomic E-state index is -1.29. The lowest BCUT2D eigenvalue weighted by Crippen LogP contribution is -2.50. The molecule has 1 saturated heterocycles. The average molecular weight is 658 g/mol. The predicted octanol–water partition coefficient (Wildman–Crippen LogP) is 7.22. The number of anilines is 1. The van der Waals surface area contributed by atoms with Gasteiger partial charge in [0.2, 0.25) is 0 Å². The number of carboxylic acids is 1. The van der Waals surface area contributed by atoms with Crippen LogP contribution in [0.4, 0.5) is 10.6 Å². The lowest BCUT2D eigenvalue weighted by molar-refractivity contribution is 0.0689. The molecule has 2 aromatic heterocycles. The maximum atomic E-state index is 13.2. The summed E-state index contributed by atoms with van der Waals surface area (Å²) in [5.41, 5.74) is 2.83. The van der Waals surface area contributed by atoms with E-state index < -0.39 is 14.0 Å². The fourth-order valence-electron chi connectivity index (χ4n) is 5.82. The molecule has 0 saturated carbocycles. The molecule has 250 valence electrons. The van der Waals surface area contributed by atoms with Gasteiger partial charge in [-0.3, -0.25) is 0 Å². The summed E-state index contributed by atoms with van der Waals surface area (Å²) in [5, 5.41) is 14.2. The van der Waals surface area contributed by atoms with Crippen LogP contribution in [0.1, 0.15) is 53.5 Å². The minimum Gasteiger partial charge on any atom is -0.478 e. The predicted molar refractivity (Wildman–Crippen MR) is 186 cm³/mol. The Kier molecular flexibility index (Phi) is 11.3. The number of carbonyl (C=O) groups excluding carboxylic acids is 1. The van der Waals surface area contributed by atoms with Gasteiger partial charge >= 0.3 is 12.1 Å². The Balaban J connectivity index is 1.39. The SMILES string of the molecule is C[C@H]1CC[C@@H](Nc2nc(CCCc3ccccc3)nc3c2c(C(=O)O)cn3COCC[Si](C)(C)C)CN1C(=O)OCc1ccccc1. The van der Waals surface area contributed by atoms with Gasteiger partial charge in [0, 0.05) is 45.9 Å². The molecule has 2 atom stereocenters. The zero-order valence-electron chi connectivity index (χ0n) is 27.9. The molecule has 47 heavy (non-hydrogen) atoms. The highest BCUT2D eigenvalue weighted by Crippen LogP contribution is 2.30. The average Bonchev–Trinajstić information content (AvgIpc) is 3.42. The van der Waals surface area contributed by atoms with Gasteiger partial charge in [-0.1, -0.05) is 80.3 Å². The van der Waals surface area contributed by atoms with Gasteiger partial charge in [-0.05, 0) is 49.8 Å². The maximum absolute atomic E-state index is 13.2. The number of aromatic carboxylic acids is 1. The van der Waals surface area contributed by atoms with Crippen molar-refractivity contribution in [1.29, 1.82) is 0 Å². The number of likely N-dealkylation sites (tertiary alicyclic amines) is 1. The fraction of sp³-hybridized carbons (Fsp3) is 0.444. The van der Waals surface area contributed by atoms with E-state index in [1.807, 2.05) is 55.5 Å². The number of piperidine rings is 1. The Labute approximate surface area is 278 Å². The van der Waals surface area contributed by atoms with Gasteiger partial charge in [-0.15, -0.1) is 0 Å². The van der Waals surface area contributed by atoms with E-state index in [0.29, 0.717) is 42.2 Å². The molecule has 3 heterocycles. The molecule has 0 aliphatic carbocycles. The van der Waals surface area contributed by atoms with E-state index in [-0.39, 0.29) is 37.1 Å². The van der Waals surface area contributed by atoms with Crippen LogP contribution in [-0.2, 0) is 35.7 Å². The molecule has 5 rings (SSSR count). The number of aryl methyl sites for hydroxylation is 2. The van der Waals surface area contributed by atoms with E-state index in [4.69, 9.17) is 19.4 Å². The van der Waals surface area contributed by atoms with Crippen molar-refractivity contribution in [1.82, 2.24) is 19.4 Å². The van der Waals surface area contributed by atoms with Crippen LogP contribution in [0, 0.1) is 0 Å². The van der Waals surface area contributed by atoms with Crippen molar-refractivity contribution in [2.75, 3.05) is 18.5 Å². The van der Waals surface area contributed by atoms with Gasteiger partial charge in [-0.25, -0.2) is 19.6 Å². The smallest absolute Gasteiger partial charge is 0.410 e. The summed E-state index contributed by atoms with van der Waals surface area (Å²) >= 11 is 0. The molecular formula is C36H47N5O5Si. The van der Waals surface area contributed by atoms with Gasteiger partial charge < -0.3 is 29.4 Å². The van der Waals surface area contributed by atoms with Crippen LogP contribution in [-0.4, -0.2) is 69.9 Å². The van der Waals surface area contributed by atoms with Gasteiger partial charge in [-0.2, -0.15) is 0 Å². The molecule has 0 spiro atoms. The third kappa shape index (κ3) is 9.42. The molecule has 1 aliphatic rings. The fourth-order valence-corrected chi connectivity index (χ4v) is 6.58. The van der Waals surface area contributed by atoms with Crippen molar-refractivity contribution in [3.05, 3.63) is 89.4 Å². The van der Waals surface area contributed by atoms with Crippen LogP contribution in [0.15, 0.2) is 66.9 Å². The highest BCUT2D eigenvalue weighted by atomic mass is 28.3. The molecular weight excluding hydrogens is 611 g/mol. The largest absolute Gasteiger partial charge is 0.478 e. The molecule has 0 unspecified atom stereocenters. The van der Waals surface area contributed by atoms with E-state index in [2.05, 4.69) is 37.1 Å². The monoisotopic (exact) mass is 657 g/mol. The molecule has 11 heteroatoms. The van der Waals surface area contributed by atoms with Crippen LogP contribution in [0.25, 0.3) is 11.0 Å². The number of rotatable bonds is 14. The second kappa shape index (κ2) is 15.6. The van der Waals surface area contributed by atoms with Crippen LogP contribution in [0.2, 0.25) is 25.7 Å². The van der Waals surface area contributed by atoms with Gasteiger partial charge in [0.25, 0.3) is 0 Å². The van der Waals surface area contributed by atoms with Gasteiger partial charge in [0.15, 0.2) is 0 Å². The summed E-state index contributed by atoms with van der Waals surface area (Å²) in [7, 11) is -1.29. The van der Waals surface area contributed by atoms with Crippen LogP contribution >= 0.6 is 0 Å². The number of fused-ring (bicyclic) bond motifs is 1. The zero-order valence-corrected chi connectivity index (χ0v) is 28.9. The molecule has 4 aromatic rings. The quantitative estimate of drug-likeness (QED) is 0.108. The molecule has 1 aliphatic heterocycles. The number of nitrogens with zero attached hydrogens (tertiary/aromatic N) is 4. The van der Waals surface area contributed by atoms with E-state index in [1.165, 1.54) is 5.56 Å². The van der Waals surface area contributed by atoms with Gasteiger partial charge in [0.1, 0.15) is 30.6 Å². The van der Waals surface area contributed by atoms with Crippen molar-refractivity contribution in [2.45, 2.75) is 90.1 Å². The first-order chi connectivity index (χ1) is 22.6. The summed E-state index contributed by atoms with van der Waals surface area (Å²) in [6.07, 6.45) is 5.16. The number of hydrogen-bond acceptors (Lipinski definition) is 7. The Hall–Kier alpha value is -4.22. The summed E-state index contributed by atoms with van der Waals surface area (Å²) in [5.74, 6) is 0.0560. The Morgan fingerprint density at radius 3 is 2.36 bits per heavy atom. The Bertz CT molecular complexity index is 1640. The zero-order chi connectivity index (χ0) is 33.4. The van der Waals surface area contributed by atoms with Crippen molar-refractivity contribution in [3.63, 3.8) is 0 Å². The van der Waals surface area contributed by atoms with E-state index in [9.17, 15) is 14.7 Å². The lowest BCUT2D eigenvalue weighted by atomic mass is 9.99. The maximum Gasteiger partial charge on any atom is 0.410 e. The normalized spacial score (nSPS) is 16.7. The van der Waals surface area contributed by atoms with E-state index in [1.54, 1.807) is 15.7 Å². The highest BCUT2D eigenvalue weighted by molar-refractivity contribution is 6.76. The number of carboxylic acid groups (broad SMARTS) is 1. The topological polar surface area (TPSA) is 119 Å². The van der Waals surface area contributed by atoms with Crippen molar-refractivity contribution < 1.29 is 24.2 Å². The molecule has 0 bridgehead atoms. The molecule has 2 aromatic carbocycles. The second-order valence-electron chi connectivity index (χ2n) is 13.7. The second-order valence-corrected chi connectivity index (χ2v) is 19.3. The summed E-state index contributed by atoms with van der Waals surface area (Å²) < 4.78 is 13.5. The summed E-state index contributed by atoms with van der Waals surface area (Å²) in [4.78, 5) is 37.2. The van der Waals surface area contributed by atoms with Crippen LogP contribution < -0.4 is 5.32 Å². The standard InChI is InChI=1S/C36H47N5O5Si/c1-26-18-19-29(22-41(26)36(44)46-24-28-14-9-6-10-15-28)37-33-32-30(35(42)43)23-40(25-45-20-21-47(2,3)4)34(32)39-31(38-33)17-11-16-27-12-7-5-8-13-27/h5-10,12-15,23,26,29H,11,16-22,24-25H2,1-4H3,(H,42,43)(H,37,38,39)/t26-,29+/m0/s1. The summed E-state index contributed by atoms with van der Waals surface area (Å²) in [6.45, 7) is 10.3. The van der Waals surface area contributed by atoms with E-state index in [0.717, 1.165) is 37.3 Å². The first-order valence-electron chi connectivity index (χ1n) is 16.6. The number of amides is 1. The third-order valence-electron chi connectivity index (χ3n) is 8.59. The van der Waals surface area contributed by atoms with Crippen LogP contribution in [0.3, 0.4) is 0 Å². The number of hydrogen-bond donors (Lipinski definition) is 2. The van der Waals surface area contributed by atoms with Crippen molar-refractivity contribution in [3.8, 4) is 0 Å². The Morgan fingerprint density at radius 2 is 1.68 bits per heavy atom. The first-order valence-corrected chi connectivity index (χ1v) is 20.3. The summed E-state index contributed by atoms with van der Waals surface area (Å²) in [6, 6.07) is 20.8. The minimum absolute atomic E-state index is 0.0132. The van der Waals surface area contributed by atoms with E-state index >= 15 is 0 Å². The first kappa shape index (κ1) is 34.1. The molecule has 2 N–H and O–H groups in total. The van der Waals surface area contributed by atoms with Gasteiger partial charge in [0.05, 0.1) is 10.9 Å². The molecule has 1 fully saturated rings. The lowest BCUT2D eigenvalue weighted by Gasteiger charge is -2.37. The number of carbonyl (C=O) groups is 2. The molecule has 0 radical (unpaired) electrons. The number of ether oxygens (including phenoxy) is 2. The van der Waals surface area contributed by atoms with Crippen molar-refractivity contribution >= 4 is 37.0 Å². The van der Waals surface area contributed by atoms with Crippen molar-refractivity contribution in [2.24, 2.45) is 0 Å². The Morgan fingerprint density at radius 1 is 0.979 bits per heavy atom. The third-order valence-corrected chi connectivity index (χ3v) is 10.3. The number of benzene rings is 2.